The lowest BCUT2D eigenvalue weighted by Crippen LogP contribution is -2.30. The van der Waals surface area contributed by atoms with Gasteiger partial charge in [-0.3, -0.25) is 4.90 Å². The number of nitrogens with zero attached hydrogens (tertiary/aromatic N) is 1. The number of likely N-dealkylation sites (tertiary alicyclic amines) is 1. The van der Waals surface area contributed by atoms with E-state index in [-0.39, 0.29) is 12.1 Å². The van der Waals surface area contributed by atoms with Crippen LogP contribution in [0.15, 0.2) is 91.0 Å². The Morgan fingerprint density at radius 1 is 0.778 bits per heavy atom. The van der Waals surface area contributed by atoms with Gasteiger partial charge in [-0.1, -0.05) is 91.0 Å². The van der Waals surface area contributed by atoms with E-state index in [1.807, 2.05) is 30.3 Å². The second-order valence-corrected chi connectivity index (χ2v) is 7.10. The van der Waals surface area contributed by atoms with Crippen molar-refractivity contribution in [3.8, 4) is 0 Å². The largest absolute Gasteiger partial charge is 0.389 e. The van der Waals surface area contributed by atoms with Gasteiger partial charge in [0.05, 0.1) is 18.8 Å². The molecule has 1 fully saturated rings. The Balaban J connectivity index is 1.56. The van der Waals surface area contributed by atoms with Gasteiger partial charge in [0.2, 0.25) is 0 Å². The number of aliphatic hydroxyl groups excluding tert-OH is 1. The fourth-order valence-electron chi connectivity index (χ4n) is 3.88. The molecule has 3 aromatic carbocycles. The summed E-state index contributed by atoms with van der Waals surface area (Å²) in [5, 5.41) is 10.8. The number of benzene rings is 3. The lowest BCUT2D eigenvalue weighted by molar-refractivity contribution is -0.0372. The van der Waals surface area contributed by atoms with E-state index in [0.29, 0.717) is 13.2 Å². The monoisotopic (exact) mass is 359 g/mol. The fraction of sp³-hybridized carbons (Fsp3) is 0.250. The van der Waals surface area contributed by atoms with Crippen LogP contribution in [0, 0.1) is 0 Å². The second-order valence-electron chi connectivity index (χ2n) is 7.10. The normalized spacial score (nSPS) is 22.8. The summed E-state index contributed by atoms with van der Waals surface area (Å²) in [6.45, 7) is 1.90. The average Bonchev–Trinajstić information content (AvgIpc) is 3.03. The topological polar surface area (TPSA) is 32.7 Å². The third-order valence-corrected chi connectivity index (χ3v) is 5.16. The fourth-order valence-corrected chi connectivity index (χ4v) is 3.88. The molecule has 0 saturated carbocycles. The zero-order valence-electron chi connectivity index (χ0n) is 15.3. The van der Waals surface area contributed by atoms with Crippen molar-refractivity contribution in [2.45, 2.75) is 31.4 Å². The van der Waals surface area contributed by atoms with Crippen molar-refractivity contribution in [2.75, 3.05) is 6.54 Å². The second kappa shape index (κ2) is 8.49. The summed E-state index contributed by atoms with van der Waals surface area (Å²) in [5.74, 6) is 0. The van der Waals surface area contributed by atoms with Crippen molar-refractivity contribution in [1.29, 1.82) is 0 Å². The molecule has 0 unspecified atom stereocenters. The van der Waals surface area contributed by atoms with Crippen LogP contribution >= 0.6 is 0 Å². The Morgan fingerprint density at radius 2 is 1.33 bits per heavy atom. The van der Waals surface area contributed by atoms with Crippen molar-refractivity contribution in [3.63, 3.8) is 0 Å². The zero-order chi connectivity index (χ0) is 18.5. The highest BCUT2D eigenvalue weighted by molar-refractivity contribution is 5.24. The highest BCUT2D eigenvalue weighted by Crippen LogP contribution is 2.36. The third kappa shape index (κ3) is 4.28. The molecule has 0 amide bonds. The van der Waals surface area contributed by atoms with Crippen LogP contribution in [-0.2, 0) is 17.9 Å². The van der Waals surface area contributed by atoms with Crippen LogP contribution in [0.25, 0.3) is 0 Å². The highest BCUT2D eigenvalue weighted by atomic mass is 16.5. The molecule has 3 aromatic rings. The minimum Gasteiger partial charge on any atom is -0.389 e. The van der Waals surface area contributed by atoms with Crippen LogP contribution in [0.3, 0.4) is 0 Å². The molecule has 3 heteroatoms. The molecule has 1 aliphatic rings. The van der Waals surface area contributed by atoms with Gasteiger partial charge in [-0.15, -0.1) is 0 Å². The van der Waals surface area contributed by atoms with Gasteiger partial charge < -0.3 is 9.84 Å². The average molecular weight is 359 g/mol. The Bertz CT molecular complexity index is 823. The van der Waals surface area contributed by atoms with Gasteiger partial charge in [-0.05, 0) is 16.7 Å². The lowest BCUT2D eigenvalue weighted by atomic mass is 10.0. The van der Waals surface area contributed by atoms with Crippen molar-refractivity contribution >= 4 is 0 Å². The number of hydrogen-bond donors (Lipinski definition) is 1. The Morgan fingerprint density at radius 3 is 1.96 bits per heavy atom. The Kier molecular flexibility index (Phi) is 5.64. The molecule has 138 valence electrons. The SMILES string of the molecule is O[C@H]1CN(Cc2ccccc2)[C@H](c2ccccc2)[C@@H]1OCc1ccccc1. The number of hydrogen-bond acceptors (Lipinski definition) is 3. The van der Waals surface area contributed by atoms with Gasteiger partial charge in [0.25, 0.3) is 0 Å². The van der Waals surface area contributed by atoms with Crippen LogP contribution in [-0.4, -0.2) is 28.8 Å². The van der Waals surface area contributed by atoms with E-state index in [1.54, 1.807) is 0 Å². The molecule has 27 heavy (non-hydrogen) atoms. The minimum atomic E-state index is -0.511. The standard InChI is InChI=1S/C24H25NO2/c26-22-17-25(16-19-10-4-1-5-11-19)23(21-14-8-3-9-15-21)24(22)27-18-20-12-6-2-7-13-20/h1-15,22-24,26H,16-18H2/t22-,23+,24+/m0/s1. The molecule has 1 saturated heterocycles. The molecular formula is C24H25NO2. The Hall–Kier alpha value is -2.46. The van der Waals surface area contributed by atoms with Crippen LogP contribution < -0.4 is 0 Å². The summed E-state index contributed by atoms with van der Waals surface area (Å²) in [6.07, 6.45) is -0.765. The molecule has 0 spiro atoms. The quantitative estimate of drug-likeness (QED) is 0.716. The number of aliphatic hydroxyl groups is 1. The van der Waals surface area contributed by atoms with E-state index in [4.69, 9.17) is 4.74 Å². The van der Waals surface area contributed by atoms with Gasteiger partial charge in [0.1, 0.15) is 6.10 Å². The maximum Gasteiger partial charge on any atom is 0.105 e. The van der Waals surface area contributed by atoms with E-state index in [1.165, 1.54) is 11.1 Å². The molecule has 3 nitrogen and oxygen atoms in total. The molecule has 3 atom stereocenters. The van der Waals surface area contributed by atoms with Gasteiger partial charge in [0.15, 0.2) is 0 Å². The van der Waals surface area contributed by atoms with Gasteiger partial charge in [-0.2, -0.15) is 0 Å². The van der Waals surface area contributed by atoms with Gasteiger partial charge in [-0.25, -0.2) is 0 Å². The number of β-amino-alcohol motifs (C(OH)–C–C–N with tert-alkyl or cyclic N) is 1. The number of rotatable bonds is 6. The first-order valence-corrected chi connectivity index (χ1v) is 9.48. The van der Waals surface area contributed by atoms with E-state index < -0.39 is 6.10 Å². The van der Waals surface area contributed by atoms with E-state index in [9.17, 15) is 5.11 Å². The van der Waals surface area contributed by atoms with Crippen molar-refractivity contribution in [2.24, 2.45) is 0 Å². The van der Waals surface area contributed by atoms with E-state index >= 15 is 0 Å². The summed E-state index contributed by atoms with van der Waals surface area (Å²) in [6, 6.07) is 31.0. The molecule has 1 heterocycles. The molecule has 1 N–H and O–H groups in total. The minimum absolute atomic E-state index is 0.0325. The molecule has 0 bridgehead atoms. The van der Waals surface area contributed by atoms with Crippen molar-refractivity contribution < 1.29 is 9.84 Å². The van der Waals surface area contributed by atoms with E-state index in [0.717, 1.165) is 12.1 Å². The predicted molar refractivity (Wildman–Crippen MR) is 107 cm³/mol. The van der Waals surface area contributed by atoms with Crippen LogP contribution in [0.5, 0.6) is 0 Å². The summed E-state index contributed by atoms with van der Waals surface area (Å²) < 4.78 is 6.24. The lowest BCUT2D eigenvalue weighted by Gasteiger charge is -2.28. The maximum atomic E-state index is 10.8. The third-order valence-electron chi connectivity index (χ3n) is 5.16. The first kappa shape index (κ1) is 17.9. The smallest absolute Gasteiger partial charge is 0.105 e. The van der Waals surface area contributed by atoms with Crippen molar-refractivity contribution in [1.82, 2.24) is 4.90 Å². The molecule has 1 aliphatic heterocycles. The molecule has 4 rings (SSSR count). The molecule has 0 radical (unpaired) electrons. The maximum absolute atomic E-state index is 10.8. The van der Waals surface area contributed by atoms with Crippen LogP contribution in [0.1, 0.15) is 22.7 Å². The van der Waals surface area contributed by atoms with Crippen LogP contribution in [0.2, 0.25) is 0 Å². The number of ether oxygens (including phenoxy) is 1. The molecule has 0 aromatic heterocycles. The Labute approximate surface area is 160 Å². The van der Waals surface area contributed by atoms with Gasteiger partial charge >= 0.3 is 0 Å². The first-order chi connectivity index (χ1) is 13.3. The van der Waals surface area contributed by atoms with Crippen molar-refractivity contribution in [3.05, 3.63) is 108 Å². The highest BCUT2D eigenvalue weighted by Gasteiger charge is 2.42. The predicted octanol–water partition coefficient (Wildman–Crippen LogP) is 4.19. The molecular weight excluding hydrogens is 334 g/mol. The zero-order valence-corrected chi connectivity index (χ0v) is 15.3. The molecule has 0 aliphatic carbocycles. The summed E-state index contributed by atoms with van der Waals surface area (Å²) in [5.41, 5.74) is 3.55. The summed E-state index contributed by atoms with van der Waals surface area (Å²) in [7, 11) is 0. The first-order valence-electron chi connectivity index (χ1n) is 9.48. The summed E-state index contributed by atoms with van der Waals surface area (Å²) >= 11 is 0. The van der Waals surface area contributed by atoms with E-state index in [2.05, 4.69) is 65.6 Å². The van der Waals surface area contributed by atoms with Gasteiger partial charge in [0, 0.05) is 13.1 Å². The van der Waals surface area contributed by atoms with Crippen LogP contribution in [0.4, 0.5) is 0 Å². The summed E-state index contributed by atoms with van der Waals surface area (Å²) in [4.78, 5) is 2.32.